The molecule has 0 aliphatic heterocycles. The molecule has 2 rings (SSSR count). The van der Waals surface area contributed by atoms with Crippen LogP contribution in [0.25, 0.3) is 10.9 Å². The Morgan fingerprint density at radius 3 is 2.55 bits per heavy atom. The van der Waals surface area contributed by atoms with E-state index in [9.17, 15) is 9.59 Å². The zero-order valence-corrected chi connectivity index (χ0v) is 13.3. The third-order valence-electron chi connectivity index (χ3n) is 3.28. The quantitative estimate of drug-likeness (QED) is 0.915. The number of para-hydroxylation sites is 1. The van der Waals surface area contributed by atoms with Crippen LogP contribution in [0.15, 0.2) is 36.5 Å². The highest BCUT2D eigenvalue weighted by atomic mass is 16.2. The minimum Gasteiger partial charge on any atom is -0.344 e. The Labute approximate surface area is 130 Å². The maximum absolute atomic E-state index is 12.2. The van der Waals surface area contributed by atoms with Gasteiger partial charge in [0.15, 0.2) is 0 Å². The van der Waals surface area contributed by atoms with Crippen LogP contribution in [0.2, 0.25) is 0 Å². The molecular formula is C17H21N3O2. The summed E-state index contributed by atoms with van der Waals surface area (Å²) in [6, 6.07) is 8.92. The molecule has 0 radical (unpaired) electrons. The summed E-state index contributed by atoms with van der Waals surface area (Å²) in [5, 5.41) is 6.43. The van der Waals surface area contributed by atoms with Gasteiger partial charge in [0.25, 0.3) is 0 Å². The number of nitrogens with zero attached hydrogens (tertiary/aromatic N) is 1. The fourth-order valence-corrected chi connectivity index (χ4v) is 1.87. The van der Waals surface area contributed by atoms with Crippen molar-refractivity contribution in [2.24, 2.45) is 5.41 Å². The molecule has 5 nitrogen and oxygen atoms in total. The number of carbonyl (C=O) groups excluding carboxylic acids is 2. The van der Waals surface area contributed by atoms with Crippen molar-refractivity contribution in [3.8, 4) is 0 Å². The van der Waals surface area contributed by atoms with Gasteiger partial charge in [-0.1, -0.05) is 39.0 Å². The van der Waals surface area contributed by atoms with Gasteiger partial charge in [-0.05, 0) is 19.1 Å². The van der Waals surface area contributed by atoms with Crippen LogP contribution >= 0.6 is 0 Å². The van der Waals surface area contributed by atoms with E-state index in [-0.39, 0.29) is 11.8 Å². The number of amides is 2. The van der Waals surface area contributed by atoms with Gasteiger partial charge < -0.3 is 10.6 Å². The van der Waals surface area contributed by atoms with Gasteiger partial charge in [0.2, 0.25) is 11.8 Å². The normalized spacial score (nSPS) is 12.7. The molecule has 22 heavy (non-hydrogen) atoms. The number of hydrogen-bond acceptors (Lipinski definition) is 3. The molecule has 2 amide bonds. The summed E-state index contributed by atoms with van der Waals surface area (Å²) < 4.78 is 0. The summed E-state index contributed by atoms with van der Waals surface area (Å²) in [5.74, 6) is -0.429. The first-order valence-corrected chi connectivity index (χ1v) is 7.24. The number of fused-ring (bicyclic) bond motifs is 1. The van der Waals surface area contributed by atoms with E-state index in [0.717, 1.165) is 10.9 Å². The van der Waals surface area contributed by atoms with Crippen molar-refractivity contribution < 1.29 is 9.59 Å². The van der Waals surface area contributed by atoms with Gasteiger partial charge >= 0.3 is 0 Å². The van der Waals surface area contributed by atoms with Crippen molar-refractivity contribution in [2.75, 3.05) is 5.32 Å². The summed E-state index contributed by atoms with van der Waals surface area (Å²) in [6.45, 7) is 7.08. The Kier molecular flexibility index (Phi) is 4.45. The van der Waals surface area contributed by atoms with Crippen molar-refractivity contribution in [3.63, 3.8) is 0 Å². The molecule has 2 N–H and O–H groups in total. The minimum absolute atomic E-state index is 0.160. The predicted octanol–water partition coefficient (Wildman–Crippen LogP) is 2.72. The Morgan fingerprint density at radius 1 is 1.18 bits per heavy atom. The molecule has 1 atom stereocenters. The lowest BCUT2D eigenvalue weighted by Gasteiger charge is -2.21. The largest absolute Gasteiger partial charge is 0.344 e. The Bertz CT molecular complexity index is 704. The number of rotatable bonds is 3. The van der Waals surface area contributed by atoms with Gasteiger partial charge in [-0.15, -0.1) is 0 Å². The average Bonchev–Trinajstić information content (AvgIpc) is 2.46. The van der Waals surface area contributed by atoms with Crippen LogP contribution in [0.5, 0.6) is 0 Å². The highest BCUT2D eigenvalue weighted by Crippen LogP contribution is 2.16. The SMILES string of the molecule is C[C@H](NC(=O)C(C)(C)C)C(=O)Nc1cnc2ccccc2c1. The van der Waals surface area contributed by atoms with Crippen LogP contribution in [0.4, 0.5) is 5.69 Å². The average molecular weight is 299 g/mol. The van der Waals surface area contributed by atoms with Crippen molar-refractivity contribution >= 4 is 28.4 Å². The molecule has 0 bridgehead atoms. The van der Waals surface area contributed by atoms with Crippen molar-refractivity contribution in [3.05, 3.63) is 36.5 Å². The zero-order chi connectivity index (χ0) is 16.3. The predicted molar refractivity (Wildman–Crippen MR) is 87.4 cm³/mol. The van der Waals surface area contributed by atoms with Gasteiger partial charge in [-0.2, -0.15) is 0 Å². The summed E-state index contributed by atoms with van der Waals surface area (Å²) in [5.41, 5.74) is 0.953. The Hall–Kier alpha value is -2.43. The standard InChI is InChI=1S/C17H21N3O2/c1-11(19-16(22)17(2,3)4)15(21)20-13-9-12-7-5-6-8-14(12)18-10-13/h5-11H,1-4H3,(H,19,22)(H,20,21)/t11-/m0/s1. The molecule has 0 spiro atoms. The molecule has 0 fully saturated rings. The maximum Gasteiger partial charge on any atom is 0.246 e. The molecule has 116 valence electrons. The number of hydrogen-bond donors (Lipinski definition) is 2. The van der Waals surface area contributed by atoms with E-state index in [2.05, 4.69) is 15.6 Å². The smallest absolute Gasteiger partial charge is 0.246 e. The Morgan fingerprint density at radius 2 is 1.86 bits per heavy atom. The van der Waals surface area contributed by atoms with Gasteiger partial charge in [0.1, 0.15) is 6.04 Å². The molecule has 1 heterocycles. The number of pyridine rings is 1. The molecule has 0 aliphatic rings. The lowest BCUT2D eigenvalue weighted by Crippen LogP contribution is -2.46. The van der Waals surface area contributed by atoms with Crippen LogP contribution < -0.4 is 10.6 Å². The Balaban J connectivity index is 2.05. The lowest BCUT2D eigenvalue weighted by atomic mass is 9.95. The summed E-state index contributed by atoms with van der Waals surface area (Å²) in [6.07, 6.45) is 1.61. The molecule has 1 aromatic carbocycles. The number of anilines is 1. The molecule has 2 aromatic rings. The molecule has 0 aliphatic carbocycles. The van der Waals surface area contributed by atoms with Crippen LogP contribution in [-0.4, -0.2) is 22.8 Å². The molecular weight excluding hydrogens is 278 g/mol. The monoisotopic (exact) mass is 299 g/mol. The van der Waals surface area contributed by atoms with Crippen LogP contribution in [-0.2, 0) is 9.59 Å². The second-order valence-corrected chi connectivity index (χ2v) is 6.35. The van der Waals surface area contributed by atoms with Gasteiger partial charge in [-0.25, -0.2) is 0 Å². The number of nitrogens with one attached hydrogen (secondary N) is 2. The van der Waals surface area contributed by atoms with Crippen LogP contribution in [0.3, 0.4) is 0 Å². The van der Waals surface area contributed by atoms with E-state index in [0.29, 0.717) is 5.69 Å². The van der Waals surface area contributed by atoms with E-state index >= 15 is 0 Å². The van der Waals surface area contributed by atoms with Crippen LogP contribution in [0, 0.1) is 5.41 Å². The van der Waals surface area contributed by atoms with Crippen molar-refractivity contribution in [1.29, 1.82) is 0 Å². The summed E-state index contributed by atoms with van der Waals surface area (Å²) in [7, 11) is 0. The number of aromatic nitrogens is 1. The van der Waals surface area contributed by atoms with Crippen molar-refractivity contribution in [2.45, 2.75) is 33.7 Å². The van der Waals surface area contributed by atoms with E-state index in [1.165, 1.54) is 0 Å². The molecule has 5 heteroatoms. The first kappa shape index (κ1) is 15.9. The van der Waals surface area contributed by atoms with Gasteiger partial charge in [-0.3, -0.25) is 14.6 Å². The summed E-state index contributed by atoms with van der Waals surface area (Å²) in [4.78, 5) is 28.4. The first-order chi connectivity index (χ1) is 10.3. The fourth-order valence-electron chi connectivity index (χ4n) is 1.87. The van der Waals surface area contributed by atoms with Gasteiger partial charge in [0, 0.05) is 10.8 Å². The van der Waals surface area contributed by atoms with Crippen LogP contribution in [0.1, 0.15) is 27.7 Å². The van der Waals surface area contributed by atoms with E-state index < -0.39 is 11.5 Å². The number of benzene rings is 1. The maximum atomic E-state index is 12.2. The second-order valence-electron chi connectivity index (χ2n) is 6.35. The highest BCUT2D eigenvalue weighted by Gasteiger charge is 2.25. The lowest BCUT2D eigenvalue weighted by molar-refractivity contribution is -0.131. The topological polar surface area (TPSA) is 71.1 Å². The molecule has 0 saturated carbocycles. The number of carbonyl (C=O) groups is 2. The second kappa shape index (κ2) is 6.13. The minimum atomic E-state index is -0.613. The van der Waals surface area contributed by atoms with E-state index in [4.69, 9.17) is 0 Å². The molecule has 0 saturated heterocycles. The zero-order valence-electron chi connectivity index (χ0n) is 13.3. The first-order valence-electron chi connectivity index (χ1n) is 7.24. The molecule has 1 aromatic heterocycles. The fraction of sp³-hybridized carbons (Fsp3) is 0.353. The molecule has 0 unspecified atom stereocenters. The van der Waals surface area contributed by atoms with Gasteiger partial charge in [0.05, 0.1) is 17.4 Å². The highest BCUT2D eigenvalue weighted by molar-refractivity contribution is 5.98. The third kappa shape index (κ3) is 3.81. The van der Waals surface area contributed by atoms with Crippen molar-refractivity contribution in [1.82, 2.24) is 10.3 Å². The van der Waals surface area contributed by atoms with E-state index in [1.807, 2.05) is 30.3 Å². The van der Waals surface area contributed by atoms with E-state index in [1.54, 1.807) is 33.9 Å². The summed E-state index contributed by atoms with van der Waals surface area (Å²) >= 11 is 0. The third-order valence-corrected chi connectivity index (χ3v) is 3.28.